The SMILES string of the molecule is CC(C)(C)OC(=O)N1CCC[C@@H]1CNc1cc(C#N)ccn1. The van der Waals surface area contributed by atoms with Crippen molar-refractivity contribution in [3.8, 4) is 6.07 Å². The molecular weight excluding hydrogens is 280 g/mol. The van der Waals surface area contributed by atoms with Crippen molar-refractivity contribution < 1.29 is 9.53 Å². The van der Waals surface area contributed by atoms with Crippen molar-refractivity contribution in [1.82, 2.24) is 9.88 Å². The minimum atomic E-state index is -0.486. The van der Waals surface area contributed by atoms with Gasteiger partial charge in [-0.05, 0) is 45.7 Å². The minimum Gasteiger partial charge on any atom is -0.444 e. The average Bonchev–Trinajstić information content (AvgIpc) is 2.92. The van der Waals surface area contributed by atoms with Crippen LogP contribution < -0.4 is 5.32 Å². The summed E-state index contributed by atoms with van der Waals surface area (Å²) in [5.41, 5.74) is 0.0771. The van der Waals surface area contributed by atoms with E-state index in [1.54, 1.807) is 23.2 Å². The van der Waals surface area contributed by atoms with E-state index in [2.05, 4.69) is 16.4 Å². The summed E-state index contributed by atoms with van der Waals surface area (Å²) in [4.78, 5) is 18.2. The molecule has 2 heterocycles. The zero-order valence-electron chi connectivity index (χ0n) is 13.3. The molecule has 118 valence electrons. The first kappa shape index (κ1) is 16.1. The largest absolute Gasteiger partial charge is 0.444 e. The molecule has 1 amide bonds. The van der Waals surface area contributed by atoms with Crippen LogP contribution in [0.15, 0.2) is 18.3 Å². The lowest BCUT2D eigenvalue weighted by atomic mass is 10.2. The van der Waals surface area contributed by atoms with Crippen molar-refractivity contribution in [2.45, 2.75) is 45.3 Å². The Hall–Kier alpha value is -2.29. The van der Waals surface area contributed by atoms with E-state index >= 15 is 0 Å². The molecule has 1 fully saturated rings. The van der Waals surface area contributed by atoms with E-state index < -0.39 is 5.60 Å². The van der Waals surface area contributed by atoms with Crippen LogP contribution in [0, 0.1) is 11.3 Å². The maximum atomic E-state index is 12.2. The van der Waals surface area contributed by atoms with Gasteiger partial charge in [0.25, 0.3) is 0 Å². The first-order valence-corrected chi connectivity index (χ1v) is 7.49. The molecule has 0 spiro atoms. The van der Waals surface area contributed by atoms with E-state index in [9.17, 15) is 4.79 Å². The van der Waals surface area contributed by atoms with Crippen molar-refractivity contribution in [3.05, 3.63) is 23.9 Å². The summed E-state index contributed by atoms with van der Waals surface area (Å²) in [6, 6.07) is 5.53. The maximum Gasteiger partial charge on any atom is 0.410 e. The fraction of sp³-hybridized carbons (Fsp3) is 0.562. The Bertz CT molecular complexity index is 574. The lowest BCUT2D eigenvalue weighted by Gasteiger charge is -2.28. The van der Waals surface area contributed by atoms with Gasteiger partial charge in [0, 0.05) is 19.3 Å². The summed E-state index contributed by atoms with van der Waals surface area (Å²) >= 11 is 0. The van der Waals surface area contributed by atoms with Crippen LogP contribution in [0.3, 0.4) is 0 Å². The van der Waals surface area contributed by atoms with E-state index in [0.717, 1.165) is 12.8 Å². The lowest BCUT2D eigenvalue weighted by Crippen LogP contribution is -2.42. The van der Waals surface area contributed by atoms with Gasteiger partial charge in [-0.15, -0.1) is 0 Å². The molecule has 6 heteroatoms. The van der Waals surface area contributed by atoms with Crippen LogP contribution in [-0.2, 0) is 4.74 Å². The van der Waals surface area contributed by atoms with E-state index in [4.69, 9.17) is 10.00 Å². The number of nitriles is 1. The zero-order chi connectivity index (χ0) is 16.2. The van der Waals surface area contributed by atoms with Gasteiger partial charge in [0.05, 0.1) is 17.7 Å². The second-order valence-corrected chi connectivity index (χ2v) is 6.39. The number of nitrogens with zero attached hydrogens (tertiary/aromatic N) is 3. The third kappa shape index (κ3) is 4.35. The number of aromatic nitrogens is 1. The van der Waals surface area contributed by atoms with Crippen LogP contribution >= 0.6 is 0 Å². The Kier molecular flexibility index (Phi) is 4.86. The summed E-state index contributed by atoms with van der Waals surface area (Å²) in [6.07, 6.45) is 3.23. The maximum absolute atomic E-state index is 12.2. The molecule has 1 aliphatic heterocycles. The van der Waals surface area contributed by atoms with Crippen molar-refractivity contribution in [2.75, 3.05) is 18.4 Å². The molecule has 0 aliphatic carbocycles. The number of hydrogen-bond donors (Lipinski definition) is 1. The molecule has 22 heavy (non-hydrogen) atoms. The molecule has 0 saturated carbocycles. The van der Waals surface area contributed by atoms with Gasteiger partial charge in [0.1, 0.15) is 11.4 Å². The molecule has 6 nitrogen and oxygen atoms in total. The summed E-state index contributed by atoms with van der Waals surface area (Å²) < 4.78 is 5.44. The molecule has 1 atom stereocenters. The average molecular weight is 302 g/mol. The summed E-state index contributed by atoms with van der Waals surface area (Å²) in [7, 11) is 0. The normalized spacial score (nSPS) is 17.9. The van der Waals surface area contributed by atoms with Crippen LogP contribution in [-0.4, -0.2) is 40.7 Å². The van der Waals surface area contributed by atoms with Gasteiger partial charge in [-0.25, -0.2) is 9.78 Å². The molecule has 1 N–H and O–H groups in total. The number of hydrogen-bond acceptors (Lipinski definition) is 5. The highest BCUT2D eigenvalue weighted by Crippen LogP contribution is 2.21. The first-order chi connectivity index (χ1) is 10.4. The van der Waals surface area contributed by atoms with Gasteiger partial charge in [0.2, 0.25) is 0 Å². The molecule has 1 aromatic rings. The minimum absolute atomic E-state index is 0.0855. The van der Waals surface area contributed by atoms with Gasteiger partial charge in [-0.2, -0.15) is 5.26 Å². The van der Waals surface area contributed by atoms with Gasteiger partial charge < -0.3 is 15.0 Å². The van der Waals surface area contributed by atoms with Crippen molar-refractivity contribution in [2.24, 2.45) is 0 Å². The third-order valence-corrected chi connectivity index (χ3v) is 3.41. The Labute approximate surface area is 131 Å². The quantitative estimate of drug-likeness (QED) is 0.929. The zero-order valence-corrected chi connectivity index (χ0v) is 13.3. The molecule has 0 unspecified atom stereocenters. The third-order valence-electron chi connectivity index (χ3n) is 3.41. The molecule has 1 aliphatic rings. The van der Waals surface area contributed by atoms with E-state index in [0.29, 0.717) is 24.5 Å². The summed E-state index contributed by atoms with van der Waals surface area (Å²) in [6.45, 7) is 6.91. The molecule has 0 radical (unpaired) electrons. The molecule has 1 aromatic heterocycles. The smallest absolute Gasteiger partial charge is 0.410 e. The number of ether oxygens (including phenoxy) is 1. The monoisotopic (exact) mass is 302 g/mol. The number of amides is 1. The summed E-state index contributed by atoms with van der Waals surface area (Å²) in [5, 5.41) is 12.1. The van der Waals surface area contributed by atoms with Crippen molar-refractivity contribution in [1.29, 1.82) is 5.26 Å². The number of nitrogens with one attached hydrogen (secondary N) is 1. The van der Waals surface area contributed by atoms with Crippen LogP contribution in [0.25, 0.3) is 0 Å². The van der Waals surface area contributed by atoms with E-state index in [1.165, 1.54) is 0 Å². The van der Waals surface area contributed by atoms with Gasteiger partial charge in [-0.1, -0.05) is 0 Å². The van der Waals surface area contributed by atoms with Crippen molar-refractivity contribution >= 4 is 11.9 Å². The lowest BCUT2D eigenvalue weighted by molar-refractivity contribution is 0.0235. The fourth-order valence-corrected chi connectivity index (χ4v) is 2.43. The highest BCUT2D eigenvalue weighted by Gasteiger charge is 2.31. The van der Waals surface area contributed by atoms with Crippen LogP contribution in [0.5, 0.6) is 0 Å². The highest BCUT2D eigenvalue weighted by molar-refractivity contribution is 5.69. The van der Waals surface area contributed by atoms with Crippen molar-refractivity contribution in [3.63, 3.8) is 0 Å². The standard InChI is InChI=1S/C16H22N4O2/c1-16(2,3)22-15(21)20-8-4-5-13(20)11-19-14-9-12(10-17)6-7-18-14/h6-7,9,13H,4-5,8,11H2,1-3H3,(H,18,19)/t13-/m1/s1. The number of pyridine rings is 1. The second-order valence-electron chi connectivity index (χ2n) is 6.39. The Morgan fingerprint density at radius 1 is 1.59 bits per heavy atom. The molecule has 2 rings (SSSR count). The molecular formula is C16H22N4O2. The number of likely N-dealkylation sites (tertiary alicyclic amines) is 1. The Morgan fingerprint density at radius 2 is 2.36 bits per heavy atom. The molecule has 1 saturated heterocycles. The number of anilines is 1. The van der Waals surface area contributed by atoms with Crippen LogP contribution in [0.1, 0.15) is 39.2 Å². The second kappa shape index (κ2) is 6.65. The number of rotatable bonds is 3. The highest BCUT2D eigenvalue weighted by atomic mass is 16.6. The van der Waals surface area contributed by atoms with E-state index in [1.807, 2.05) is 20.8 Å². The van der Waals surface area contributed by atoms with Crippen LogP contribution in [0.4, 0.5) is 10.6 Å². The van der Waals surface area contributed by atoms with Crippen LogP contribution in [0.2, 0.25) is 0 Å². The van der Waals surface area contributed by atoms with Gasteiger partial charge in [0.15, 0.2) is 0 Å². The van der Waals surface area contributed by atoms with Gasteiger partial charge >= 0.3 is 6.09 Å². The number of carbonyl (C=O) groups is 1. The number of carbonyl (C=O) groups excluding carboxylic acids is 1. The predicted molar refractivity (Wildman–Crippen MR) is 83.4 cm³/mol. The Morgan fingerprint density at radius 3 is 3.05 bits per heavy atom. The van der Waals surface area contributed by atoms with Gasteiger partial charge in [-0.3, -0.25) is 0 Å². The fourth-order valence-electron chi connectivity index (χ4n) is 2.43. The summed E-state index contributed by atoms with van der Waals surface area (Å²) in [5.74, 6) is 0.648. The molecule has 0 bridgehead atoms. The first-order valence-electron chi connectivity index (χ1n) is 7.49. The Balaban J connectivity index is 1.94. The molecule has 0 aromatic carbocycles. The van der Waals surface area contributed by atoms with E-state index in [-0.39, 0.29) is 12.1 Å². The topological polar surface area (TPSA) is 78.2 Å². The predicted octanol–water partition coefficient (Wildman–Crippen LogP) is 2.76.